The van der Waals surface area contributed by atoms with Gasteiger partial charge in [0.2, 0.25) is 0 Å². The standard InChI is InChI=1S/C13H17ClN2O2/c1-8(17)9-4-5-16(7-9)13(18)11-3-2-10(15)6-12(11)14/h2-3,6,8-9,17H,4-5,7,15H2,1H3. The van der Waals surface area contributed by atoms with Crippen LogP contribution in [0.15, 0.2) is 18.2 Å². The lowest BCUT2D eigenvalue weighted by molar-refractivity contribution is 0.0762. The molecule has 2 unspecified atom stereocenters. The number of carbonyl (C=O) groups is 1. The van der Waals surface area contributed by atoms with Gasteiger partial charge in [-0.2, -0.15) is 0 Å². The van der Waals surface area contributed by atoms with E-state index in [-0.39, 0.29) is 17.9 Å². The lowest BCUT2D eigenvalue weighted by Gasteiger charge is -2.18. The topological polar surface area (TPSA) is 66.6 Å². The summed E-state index contributed by atoms with van der Waals surface area (Å²) in [5.41, 5.74) is 6.61. The number of hydrogen-bond donors (Lipinski definition) is 2. The molecule has 98 valence electrons. The molecule has 2 atom stereocenters. The van der Waals surface area contributed by atoms with Gasteiger partial charge in [-0.05, 0) is 31.5 Å². The van der Waals surface area contributed by atoms with Gasteiger partial charge in [-0.15, -0.1) is 0 Å². The van der Waals surface area contributed by atoms with E-state index in [0.29, 0.717) is 29.4 Å². The van der Waals surface area contributed by atoms with Gasteiger partial charge in [-0.1, -0.05) is 11.6 Å². The predicted molar refractivity (Wildman–Crippen MR) is 71.6 cm³/mol. The molecule has 0 radical (unpaired) electrons. The summed E-state index contributed by atoms with van der Waals surface area (Å²) in [6.07, 6.45) is 0.445. The van der Waals surface area contributed by atoms with Crippen LogP contribution in [0, 0.1) is 5.92 Å². The maximum absolute atomic E-state index is 12.3. The molecule has 1 aliphatic rings. The predicted octanol–water partition coefficient (Wildman–Crippen LogP) is 1.77. The van der Waals surface area contributed by atoms with Crippen LogP contribution in [0.1, 0.15) is 23.7 Å². The quantitative estimate of drug-likeness (QED) is 0.804. The van der Waals surface area contributed by atoms with Crippen LogP contribution in [-0.4, -0.2) is 35.1 Å². The number of halogens is 1. The molecular weight excluding hydrogens is 252 g/mol. The Hall–Kier alpha value is -1.26. The van der Waals surface area contributed by atoms with Gasteiger partial charge in [0.05, 0.1) is 16.7 Å². The van der Waals surface area contributed by atoms with Crippen LogP contribution >= 0.6 is 11.6 Å². The normalized spacial score (nSPS) is 21.1. The minimum absolute atomic E-state index is 0.0943. The second-order valence-electron chi connectivity index (χ2n) is 4.78. The Morgan fingerprint density at radius 2 is 2.33 bits per heavy atom. The third-order valence-corrected chi connectivity index (χ3v) is 3.73. The number of carbonyl (C=O) groups excluding carboxylic acids is 1. The highest BCUT2D eigenvalue weighted by Crippen LogP contribution is 2.25. The van der Waals surface area contributed by atoms with Crippen LogP contribution in [-0.2, 0) is 0 Å². The number of aliphatic hydroxyl groups is 1. The number of nitrogen functional groups attached to an aromatic ring is 1. The summed E-state index contributed by atoms with van der Waals surface area (Å²) < 4.78 is 0. The average molecular weight is 269 g/mol. The molecule has 1 amide bonds. The fourth-order valence-corrected chi connectivity index (χ4v) is 2.51. The molecule has 1 aromatic rings. The molecule has 0 spiro atoms. The molecule has 4 nitrogen and oxygen atoms in total. The molecule has 0 saturated carbocycles. The van der Waals surface area contributed by atoms with Crippen LogP contribution < -0.4 is 5.73 Å². The zero-order valence-electron chi connectivity index (χ0n) is 10.3. The monoisotopic (exact) mass is 268 g/mol. The molecule has 3 N–H and O–H groups in total. The molecule has 1 heterocycles. The summed E-state index contributed by atoms with van der Waals surface area (Å²) in [5, 5.41) is 9.91. The molecule has 0 aromatic heterocycles. The zero-order valence-corrected chi connectivity index (χ0v) is 11.0. The number of anilines is 1. The minimum Gasteiger partial charge on any atom is -0.399 e. The number of nitrogens with two attached hydrogens (primary N) is 1. The Morgan fingerprint density at radius 3 is 2.89 bits per heavy atom. The molecule has 0 aliphatic carbocycles. The third kappa shape index (κ3) is 2.60. The van der Waals surface area contributed by atoms with E-state index in [1.165, 1.54) is 0 Å². The number of amides is 1. The molecule has 1 saturated heterocycles. The van der Waals surface area contributed by atoms with Gasteiger partial charge < -0.3 is 15.7 Å². The van der Waals surface area contributed by atoms with Crippen LogP contribution in [0.4, 0.5) is 5.69 Å². The molecule has 0 bridgehead atoms. The van der Waals surface area contributed by atoms with E-state index >= 15 is 0 Å². The number of nitrogens with zero attached hydrogens (tertiary/aromatic N) is 1. The number of likely N-dealkylation sites (tertiary alicyclic amines) is 1. The molecule has 1 aromatic carbocycles. The van der Waals surface area contributed by atoms with E-state index in [9.17, 15) is 9.90 Å². The number of benzene rings is 1. The second kappa shape index (κ2) is 5.16. The number of rotatable bonds is 2. The first kappa shape index (κ1) is 13.2. The van der Waals surface area contributed by atoms with Crippen LogP contribution in [0.2, 0.25) is 5.02 Å². The first-order valence-electron chi connectivity index (χ1n) is 6.01. The van der Waals surface area contributed by atoms with Gasteiger partial charge in [0, 0.05) is 24.7 Å². The summed E-state index contributed by atoms with van der Waals surface area (Å²) in [7, 11) is 0. The summed E-state index contributed by atoms with van der Waals surface area (Å²) in [5.74, 6) is 0.0599. The van der Waals surface area contributed by atoms with Crippen molar-refractivity contribution in [1.82, 2.24) is 4.90 Å². The maximum Gasteiger partial charge on any atom is 0.255 e. The minimum atomic E-state index is -0.385. The Bertz CT molecular complexity index is 462. The van der Waals surface area contributed by atoms with Crippen molar-refractivity contribution in [3.8, 4) is 0 Å². The van der Waals surface area contributed by atoms with Crippen LogP contribution in [0.25, 0.3) is 0 Å². The fourth-order valence-electron chi connectivity index (χ4n) is 2.24. The smallest absolute Gasteiger partial charge is 0.255 e. The number of hydrogen-bond acceptors (Lipinski definition) is 3. The van der Waals surface area contributed by atoms with Gasteiger partial charge in [-0.3, -0.25) is 4.79 Å². The van der Waals surface area contributed by atoms with Gasteiger partial charge in [0.1, 0.15) is 0 Å². The van der Waals surface area contributed by atoms with Crippen molar-refractivity contribution in [3.63, 3.8) is 0 Å². The Morgan fingerprint density at radius 1 is 1.61 bits per heavy atom. The first-order chi connectivity index (χ1) is 8.49. The van der Waals surface area contributed by atoms with E-state index in [1.54, 1.807) is 30.0 Å². The van der Waals surface area contributed by atoms with E-state index < -0.39 is 0 Å². The summed E-state index contributed by atoms with van der Waals surface area (Å²) in [6.45, 7) is 3.00. The molecule has 18 heavy (non-hydrogen) atoms. The highest BCUT2D eigenvalue weighted by molar-refractivity contribution is 6.34. The van der Waals surface area contributed by atoms with Gasteiger partial charge in [0.25, 0.3) is 5.91 Å². The van der Waals surface area contributed by atoms with Crippen molar-refractivity contribution in [3.05, 3.63) is 28.8 Å². The van der Waals surface area contributed by atoms with Crippen molar-refractivity contribution in [2.24, 2.45) is 5.92 Å². The van der Waals surface area contributed by atoms with Crippen molar-refractivity contribution in [2.75, 3.05) is 18.8 Å². The van der Waals surface area contributed by atoms with Crippen LogP contribution in [0.5, 0.6) is 0 Å². The van der Waals surface area contributed by atoms with E-state index in [2.05, 4.69) is 0 Å². The summed E-state index contributed by atoms with van der Waals surface area (Å²) in [6, 6.07) is 4.90. The highest BCUT2D eigenvalue weighted by atomic mass is 35.5. The SMILES string of the molecule is CC(O)C1CCN(C(=O)c2ccc(N)cc2Cl)C1. The fraction of sp³-hybridized carbons (Fsp3) is 0.462. The lowest BCUT2D eigenvalue weighted by Crippen LogP contribution is -2.30. The van der Waals surface area contributed by atoms with E-state index in [1.807, 2.05) is 0 Å². The molecule has 2 rings (SSSR count). The molecule has 5 heteroatoms. The zero-order chi connectivity index (χ0) is 13.3. The van der Waals surface area contributed by atoms with E-state index in [0.717, 1.165) is 6.42 Å². The second-order valence-corrected chi connectivity index (χ2v) is 5.19. The molecular formula is C13H17ClN2O2. The van der Waals surface area contributed by atoms with E-state index in [4.69, 9.17) is 17.3 Å². The summed E-state index contributed by atoms with van der Waals surface area (Å²) in [4.78, 5) is 14.0. The Kier molecular flexibility index (Phi) is 3.78. The van der Waals surface area contributed by atoms with Crippen molar-refractivity contribution in [1.29, 1.82) is 0 Å². The summed E-state index contributed by atoms with van der Waals surface area (Å²) >= 11 is 6.02. The Labute approximate surface area is 111 Å². The maximum atomic E-state index is 12.3. The third-order valence-electron chi connectivity index (χ3n) is 3.42. The van der Waals surface area contributed by atoms with Crippen LogP contribution in [0.3, 0.4) is 0 Å². The van der Waals surface area contributed by atoms with Crippen molar-refractivity contribution in [2.45, 2.75) is 19.4 Å². The lowest BCUT2D eigenvalue weighted by atomic mass is 10.0. The van der Waals surface area contributed by atoms with Crippen molar-refractivity contribution >= 4 is 23.2 Å². The molecule has 1 aliphatic heterocycles. The van der Waals surface area contributed by atoms with Gasteiger partial charge in [-0.25, -0.2) is 0 Å². The first-order valence-corrected chi connectivity index (χ1v) is 6.39. The largest absolute Gasteiger partial charge is 0.399 e. The number of aliphatic hydroxyl groups excluding tert-OH is 1. The van der Waals surface area contributed by atoms with Crippen molar-refractivity contribution < 1.29 is 9.90 Å². The molecule has 1 fully saturated rings. The average Bonchev–Trinajstić information content (AvgIpc) is 2.77. The highest BCUT2D eigenvalue weighted by Gasteiger charge is 2.30. The Balaban J connectivity index is 2.13. The van der Waals surface area contributed by atoms with Gasteiger partial charge in [0.15, 0.2) is 0 Å². The van der Waals surface area contributed by atoms with Gasteiger partial charge >= 0.3 is 0 Å².